The number of carboxylic acids is 1. The maximum Gasteiger partial charge on any atom is 0.313 e. The van der Waals surface area contributed by atoms with Crippen LogP contribution in [0.4, 0.5) is 0 Å². The number of hydrogen-bond donors (Lipinski definition) is 3. The Morgan fingerprint density at radius 1 is 1.33 bits per heavy atom. The van der Waals surface area contributed by atoms with Crippen molar-refractivity contribution in [2.24, 2.45) is 0 Å². The summed E-state index contributed by atoms with van der Waals surface area (Å²) in [4.78, 5) is 25.9. The molecular formula is C15H18N2O3S. The molecule has 0 saturated heterocycles. The van der Waals surface area contributed by atoms with Crippen molar-refractivity contribution in [1.82, 2.24) is 10.3 Å². The number of benzene rings is 1. The number of hydrogen-bond acceptors (Lipinski definition) is 3. The number of amides is 1. The van der Waals surface area contributed by atoms with Crippen LogP contribution in [0.1, 0.15) is 21.6 Å². The van der Waals surface area contributed by atoms with Gasteiger partial charge in [0.1, 0.15) is 0 Å². The SMILES string of the molecule is Cc1[nH]c2c(C(=O)NCCSCC(=O)O)cccc2c1C. The third kappa shape index (κ3) is 3.58. The number of H-pyrrole nitrogens is 1. The molecule has 0 bridgehead atoms. The van der Waals surface area contributed by atoms with Crippen molar-refractivity contribution < 1.29 is 14.7 Å². The Labute approximate surface area is 127 Å². The van der Waals surface area contributed by atoms with E-state index in [0.717, 1.165) is 22.2 Å². The summed E-state index contributed by atoms with van der Waals surface area (Å²) in [7, 11) is 0. The standard InChI is InChI=1S/C15H18N2O3S/c1-9-10(2)17-14-11(9)4-3-5-12(14)15(20)16-6-7-21-8-13(18)19/h3-5,17H,6-8H2,1-2H3,(H,16,20)(H,18,19). The van der Waals surface area contributed by atoms with Crippen LogP contribution in [0.3, 0.4) is 0 Å². The first kappa shape index (κ1) is 15.4. The molecule has 2 rings (SSSR count). The molecule has 112 valence electrons. The molecule has 1 aromatic heterocycles. The van der Waals surface area contributed by atoms with Crippen molar-refractivity contribution in [3.63, 3.8) is 0 Å². The lowest BCUT2D eigenvalue weighted by Gasteiger charge is -2.06. The molecule has 0 fully saturated rings. The molecule has 0 radical (unpaired) electrons. The molecular weight excluding hydrogens is 288 g/mol. The zero-order valence-electron chi connectivity index (χ0n) is 12.0. The van der Waals surface area contributed by atoms with Gasteiger partial charge in [-0.05, 0) is 25.5 Å². The molecule has 0 aliphatic rings. The summed E-state index contributed by atoms with van der Waals surface area (Å²) in [6, 6.07) is 5.65. The van der Waals surface area contributed by atoms with Crippen molar-refractivity contribution >= 4 is 34.5 Å². The van der Waals surface area contributed by atoms with Crippen LogP contribution in [0.5, 0.6) is 0 Å². The van der Waals surface area contributed by atoms with Crippen LogP contribution >= 0.6 is 11.8 Å². The molecule has 0 saturated carbocycles. The number of thioether (sulfide) groups is 1. The summed E-state index contributed by atoms with van der Waals surface area (Å²) in [5, 5.41) is 12.4. The van der Waals surface area contributed by atoms with Gasteiger partial charge in [-0.25, -0.2) is 0 Å². The summed E-state index contributed by atoms with van der Waals surface area (Å²) in [6.07, 6.45) is 0. The topological polar surface area (TPSA) is 82.2 Å². The molecule has 1 aromatic carbocycles. The lowest BCUT2D eigenvalue weighted by Crippen LogP contribution is -2.26. The number of carboxylic acid groups (broad SMARTS) is 1. The van der Waals surface area contributed by atoms with E-state index in [9.17, 15) is 9.59 Å². The van der Waals surface area contributed by atoms with Gasteiger partial charge >= 0.3 is 5.97 Å². The van der Waals surface area contributed by atoms with Crippen LogP contribution in [0.15, 0.2) is 18.2 Å². The summed E-state index contributed by atoms with van der Waals surface area (Å²) in [5.41, 5.74) is 3.68. The third-order valence-electron chi connectivity index (χ3n) is 3.35. The fourth-order valence-electron chi connectivity index (χ4n) is 2.16. The van der Waals surface area contributed by atoms with E-state index in [1.807, 2.05) is 26.0 Å². The number of aryl methyl sites for hydroxylation is 2. The molecule has 0 atom stereocenters. The number of rotatable bonds is 6. The van der Waals surface area contributed by atoms with Crippen LogP contribution in [0.25, 0.3) is 10.9 Å². The Kier molecular flexibility index (Phi) is 4.90. The smallest absolute Gasteiger partial charge is 0.313 e. The number of carbonyl (C=O) groups excluding carboxylic acids is 1. The van der Waals surface area contributed by atoms with E-state index < -0.39 is 5.97 Å². The second kappa shape index (κ2) is 6.67. The van der Waals surface area contributed by atoms with Gasteiger partial charge in [0.05, 0.1) is 16.8 Å². The highest BCUT2D eigenvalue weighted by molar-refractivity contribution is 7.99. The van der Waals surface area contributed by atoms with E-state index in [4.69, 9.17) is 5.11 Å². The predicted octanol–water partition coefficient (Wildman–Crippen LogP) is 2.33. The first-order valence-electron chi connectivity index (χ1n) is 6.66. The normalized spacial score (nSPS) is 10.8. The molecule has 0 unspecified atom stereocenters. The van der Waals surface area contributed by atoms with Crippen molar-refractivity contribution in [1.29, 1.82) is 0 Å². The molecule has 5 nitrogen and oxygen atoms in total. The first-order chi connectivity index (χ1) is 10.0. The Morgan fingerprint density at radius 3 is 2.81 bits per heavy atom. The second-order valence-electron chi connectivity index (χ2n) is 4.81. The minimum absolute atomic E-state index is 0.0560. The van der Waals surface area contributed by atoms with E-state index in [0.29, 0.717) is 17.9 Å². The number of fused-ring (bicyclic) bond motifs is 1. The van der Waals surface area contributed by atoms with Crippen molar-refractivity contribution in [3.05, 3.63) is 35.0 Å². The number of nitrogens with one attached hydrogen (secondary N) is 2. The van der Waals surface area contributed by atoms with Gasteiger partial charge in [0.15, 0.2) is 0 Å². The molecule has 0 aliphatic heterocycles. The van der Waals surface area contributed by atoms with Crippen molar-refractivity contribution in [2.45, 2.75) is 13.8 Å². The predicted molar refractivity (Wildman–Crippen MR) is 85.1 cm³/mol. The van der Waals surface area contributed by atoms with Gasteiger partial charge in [0, 0.05) is 23.4 Å². The summed E-state index contributed by atoms with van der Waals surface area (Å²) >= 11 is 1.29. The summed E-state index contributed by atoms with van der Waals surface area (Å²) in [5.74, 6) is -0.344. The van der Waals surface area contributed by atoms with Crippen LogP contribution in [0.2, 0.25) is 0 Å². The van der Waals surface area contributed by atoms with E-state index in [1.54, 1.807) is 6.07 Å². The highest BCUT2D eigenvalue weighted by Gasteiger charge is 2.13. The van der Waals surface area contributed by atoms with Crippen LogP contribution in [-0.2, 0) is 4.79 Å². The lowest BCUT2D eigenvalue weighted by atomic mass is 10.1. The molecule has 1 heterocycles. The van der Waals surface area contributed by atoms with Crippen LogP contribution in [0, 0.1) is 13.8 Å². The van der Waals surface area contributed by atoms with Gasteiger partial charge in [0.2, 0.25) is 0 Å². The van der Waals surface area contributed by atoms with Gasteiger partial charge in [-0.3, -0.25) is 9.59 Å². The maximum atomic E-state index is 12.2. The van der Waals surface area contributed by atoms with E-state index in [-0.39, 0.29) is 11.7 Å². The fourth-order valence-corrected chi connectivity index (χ4v) is 2.73. The fraction of sp³-hybridized carbons (Fsp3) is 0.333. The number of carbonyl (C=O) groups is 2. The Hall–Kier alpha value is -1.95. The number of aliphatic carboxylic acids is 1. The number of para-hydroxylation sites is 1. The Bertz CT molecular complexity index is 679. The highest BCUT2D eigenvalue weighted by atomic mass is 32.2. The van der Waals surface area contributed by atoms with Crippen molar-refractivity contribution in [3.8, 4) is 0 Å². The van der Waals surface area contributed by atoms with Crippen LogP contribution in [-0.4, -0.2) is 40.0 Å². The molecule has 3 N–H and O–H groups in total. The summed E-state index contributed by atoms with van der Waals surface area (Å²) < 4.78 is 0. The monoisotopic (exact) mass is 306 g/mol. The van der Waals surface area contributed by atoms with Gasteiger partial charge in [-0.15, -0.1) is 11.8 Å². The third-order valence-corrected chi connectivity index (χ3v) is 4.29. The van der Waals surface area contributed by atoms with Gasteiger partial charge in [-0.1, -0.05) is 12.1 Å². The second-order valence-corrected chi connectivity index (χ2v) is 5.91. The molecule has 0 spiro atoms. The van der Waals surface area contributed by atoms with E-state index >= 15 is 0 Å². The zero-order valence-corrected chi connectivity index (χ0v) is 12.8. The summed E-state index contributed by atoms with van der Waals surface area (Å²) in [6.45, 7) is 4.46. The van der Waals surface area contributed by atoms with Crippen molar-refractivity contribution in [2.75, 3.05) is 18.1 Å². The molecule has 0 aliphatic carbocycles. The number of aromatic nitrogens is 1. The maximum absolute atomic E-state index is 12.2. The molecule has 6 heteroatoms. The van der Waals surface area contributed by atoms with Gasteiger partial charge < -0.3 is 15.4 Å². The quantitative estimate of drug-likeness (QED) is 0.715. The largest absolute Gasteiger partial charge is 0.481 e. The van der Waals surface area contributed by atoms with E-state index in [2.05, 4.69) is 10.3 Å². The average molecular weight is 306 g/mol. The Balaban J connectivity index is 2.03. The van der Waals surface area contributed by atoms with Gasteiger partial charge in [0.25, 0.3) is 5.91 Å². The molecule has 21 heavy (non-hydrogen) atoms. The van der Waals surface area contributed by atoms with Gasteiger partial charge in [-0.2, -0.15) is 0 Å². The highest BCUT2D eigenvalue weighted by Crippen LogP contribution is 2.24. The lowest BCUT2D eigenvalue weighted by molar-refractivity contribution is -0.133. The number of aromatic amines is 1. The Morgan fingerprint density at radius 2 is 2.10 bits per heavy atom. The minimum Gasteiger partial charge on any atom is -0.481 e. The molecule has 1 amide bonds. The van der Waals surface area contributed by atoms with Crippen LogP contribution < -0.4 is 5.32 Å². The minimum atomic E-state index is -0.839. The molecule has 2 aromatic rings. The average Bonchev–Trinajstić information content (AvgIpc) is 2.73. The van der Waals surface area contributed by atoms with E-state index in [1.165, 1.54) is 11.8 Å². The first-order valence-corrected chi connectivity index (χ1v) is 7.82. The zero-order chi connectivity index (χ0) is 15.4.